The smallest absolute Gasteiger partial charge is 0.137 e. The minimum absolute atomic E-state index is 0.742. The third-order valence-electron chi connectivity index (χ3n) is 11.6. The van der Waals surface area contributed by atoms with E-state index in [9.17, 15) is 0 Å². The Balaban J connectivity index is 1.08. The van der Waals surface area contributed by atoms with Crippen molar-refractivity contribution in [2.75, 3.05) is 4.90 Å². The molecule has 3 heterocycles. The first-order chi connectivity index (χ1) is 28.9. The molecule has 0 radical (unpaired) electrons. The number of nitrogens with zero attached hydrogens (tertiary/aromatic N) is 10. The number of hydrogen-bond donors (Lipinski definition) is 0. The summed E-state index contributed by atoms with van der Waals surface area (Å²) in [5, 5.41) is 39.3. The summed E-state index contributed by atoms with van der Waals surface area (Å²) in [5.41, 5.74) is 11.2. The fraction of sp³-hybridized carbons (Fsp3) is 0.0612. The molecular weight excluding hydrogens is 729 g/mol. The molecule has 0 spiro atoms. The van der Waals surface area contributed by atoms with Crippen molar-refractivity contribution in [3.63, 3.8) is 0 Å². The molecule has 12 rings (SSSR count). The molecule has 0 aliphatic heterocycles. The lowest BCUT2D eigenvalue weighted by Gasteiger charge is -2.26. The van der Waals surface area contributed by atoms with E-state index in [0.29, 0.717) is 0 Å². The first-order valence-corrected chi connectivity index (χ1v) is 19.6. The minimum Gasteiger partial charge on any atom is -0.304 e. The molecular formula is C49H34N10. The number of aromatic nitrogens is 9. The molecule has 0 aliphatic rings. The van der Waals surface area contributed by atoms with Crippen LogP contribution in [0.2, 0.25) is 0 Å². The van der Waals surface area contributed by atoms with Gasteiger partial charge in [-0.15, -0.1) is 0 Å². The molecule has 0 amide bonds. The van der Waals surface area contributed by atoms with E-state index in [0.717, 1.165) is 72.4 Å². The fourth-order valence-corrected chi connectivity index (χ4v) is 8.93. The third kappa shape index (κ3) is 5.12. The number of hydrogen-bond acceptors (Lipinski definition) is 7. The van der Waals surface area contributed by atoms with Crippen LogP contribution >= 0.6 is 0 Å². The minimum atomic E-state index is 0.742. The Labute approximate surface area is 337 Å². The number of benzene rings is 9. The summed E-state index contributed by atoms with van der Waals surface area (Å²) in [7, 11) is 5.59. The molecule has 0 saturated heterocycles. The molecule has 10 nitrogen and oxygen atoms in total. The van der Waals surface area contributed by atoms with Crippen LogP contribution < -0.4 is 4.90 Å². The van der Waals surface area contributed by atoms with E-state index in [4.69, 9.17) is 25.5 Å². The van der Waals surface area contributed by atoms with Crippen molar-refractivity contribution < 1.29 is 0 Å². The predicted octanol–water partition coefficient (Wildman–Crippen LogP) is 10.9. The molecule has 12 aromatic rings. The van der Waals surface area contributed by atoms with E-state index >= 15 is 0 Å². The van der Waals surface area contributed by atoms with Gasteiger partial charge in [-0.1, -0.05) is 103 Å². The van der Waals surface area contributed by atoms with Crippen LogP contribution in [0.25, 0.3) is 98.4 Å². The molecule has 0 aliphatic carbocycles. The summed E-state index contributed by atoms with van der Waals surface area (Å²) in [6.45, 7) is 0. The van der Waals surface area contributed by atoms with Gasteiger partial charge >= 0.3 is 0 Å². The fourth-order valence-electron chi connectivity index (χ4n) is 8.93. The highest BCUT2D eigenvalue weighted by Gasteiger charge is 2.27. The maximum atomic E-state index is 5.05. The van der Waals surface area contributed by atoms with Gasteiger partial charge in [-0.3, -0.25) is 0 Å². The van der Waals surface area contributed by atoms with Crippen LogP contribution in [0, 0.1) is 0 Å². The van der Waals surface area contributed by atoms with Crippen LogP contribution in [0.5, 0.6) is 0 Å². The van der Waals surface area contributed by atoms with Gasteiger partial charge in [0.25, 0.3) is 0 Å². The maximum Gasteiger partial charge on any atom is 0.137 e. The van der Waals surface area contributed by atoms with Crippen molar-refractivity contribution in [1.82, 2.24) is 45.0 Å². The summed E-state index contributed by atoms with van der Waals surface area (Å²) in [6.07, 6.45) is 0. The van der Waals surface area contributed by atoms with Gasteiger partial charge in [-0.25, -0.2) is 0 Å². The summed E-state index contributed by atoms with van der Waals surface area (Å²) < 4.78 is 0. The summed E-state index contributed by atoms with van der Waals surface area (Å²) in [4.78, 5) is 7.11. The summed E-state index contributed by atoms with van der Waals surface area (Å²) in [6, 6.07) is 53.8. The highest BCUT2D eigenvalue weighted by molar-refractivity contribution is 6.13. The van der Waals surface area contributed by atoms with Crippen LogP contribution in [0.3, 0.4) is 0 Å². The first kappa shape index (κ1) is 33.2. The van der Waals surface area contributed by atoms with Gasteiger partial charge in [0.1, 0.15) is 33.1 Å². The molecule has 10 heteroatoms. The normalized spacial score (nSPS) is 12.0. The van der Waals surface area contributed by atoms with Gasteiger partial charge in [0.15, 0.2) is 0 Å². The average Bonchev–Trinajstić information content (AvgIpc) is 3.98. The molecule has 0 fully saturated rings. The van der Waals surface area contributed by atoms with Gasteiger partial charge in [-0.2, -0.15) is 45.0 Å². The monoisotopic (exact) mass is 762 g/mol. The van der Waals surface area contributed by atoms with Gasteiger partial charge in [0.2, 0.25) is 0 Å². The van der Waals surface area contributed by atoms with E-state index in [1.54, 1.807) is 14.4 Å². The second-order valence-electron chi connectivity index (χ2n) is 15.2. The molecule has 59 heavy (non-hydrogen) atoms. The molecule has 0 saturated carbocycles. The molecule has 9 aromatic carbocycles. The predicted molar refractivity (Wildman–Crippen MR) is 238 cm³/mol. The van der Waals surface area contributed by atoms with Crippen LogP contribution in [-0.2, 0) is 21.1 Å². The Bertz CT molecular complexity index is 3690. The Hall–Kier alpha value is -7.98. The van der Waals surface area contributed by atoms with Crippen molar-refractivity contribution in [2.45, 2.75) is 0 Å². The van der Waals surface area contributed by atoms with E-state index in [2.05, 4.69) is 150 Å². The second kappa shape index (κ2) is 12.5. The molecule has 0 bridgehead atoms. The van der Waals surface area contributed by atoms with Gasteiger partial charge < -0.3 is 4.90 Å². The molecule has 3 aromatic heterocycles. The van der Waals surface area contributed by atoms with E-state index < -0.39 is 0 Å². The quantitative estimate of drug-likeness (QED) is 0.161. The zero-order valence-electron chi connectivity index (χ0n) is 32.4. The zero-order valence-corrected chi connectivity index (χ0v) is 32.4. The van der Waals surface area contributed by atoms with Crippen LogP contribution in [0.4, 0.5) is 17.1 Å². The first-order valence-electron chi connectivity index (χ1n) is 19.6. The SMILES string of the molecule is Cn1nc2cccc(N(c3ccc(-c4ccc5c(ccc6ccccc65)c4)c4nn(C)nc34)c3ccc(-c4ccc5ccc6ccccc6c5c4)c4nn(C)nc34)c2n1. The second-order valence-corrected chi connectivity index (χ2v) is 15.2. The number of aryl methyl sites for hydroxylation is 3. The molecule has 0 atom stereocenters. The lowest BCUT2D eigenvalue weighted by molar-refractivity contribution is 0.665. The largest absolute Gasteiger partial charge is 0.304 e. The highest BCUT2D eigenvalue weighted by Crippen LogP contribution is 2.46. The Morgan fingerprint density at radius 3 is 1.49 bits per heavy atom. The lowest BCUT2D eigenvalue weighted by atomic mass is 9.96. The summed E-state index contributed by atoms with van der Waals surface area (Å²) >= 11 is 0. The van der Waals surface area contributed by atoms with Crippen molar-refractivity contribution in [3.05, 3.63) is 152 Å². The third-order valence-corrected chi connectivity index (χ3v) is 11.6. The lowest BCUT2D eigenvalue weighted by Crippen LogP contribution is -2.12. The van der Waals surface area contributed by atoms with Gasteiger partial charge in [0, 0.05) is 32.3 Å². The average molecular weight is 763 g/mol. The number of anilines is 3. The highest BCUT2D eigenvalue weighted by atomic mass is 15.5. The van der Waals surface area contributed by atoms with Crippen molar-refractivity contribution in [1.29, 1.82) is 0 Å². The molecule has 0 unspecified atom stereocenters. The Morgan fingerprint density at radius 1 is 0.339 bits per heavy atom. The number of fused-ring (bicyclic) bond motifs is 9. The van der Waals surface area contributed by atoms with E-state index in [-0.39, 0.29) is 0 Å². The van der Waals surface area contributed by atoms with Crippen molar-refractivity contribution in [2.24, 2.45) is 21.1 Å². The summed E-state index contributed by atoms with van der Waals surface area (Å²) in [5.74, 6) is 0. The maximum absolute atomic E-state index is 5.05. The molecule has 0 N–H and O–H groups in total. The standard InChI is InChI=1S/C49H34N10/c1-56-50-41-13-8-14-42(47(41)53-56)59(43-25-23-38(45-48(43)54-57(2)51-45)33-21-22-37-32(27-33)19-17-29-9-4-6-11-35(29)37)44-26-24-39(46-49(44)55-58(3)52-46)34-20-18-31-16-15-30-10-5-7-12-36(30)40(31)28-34/h4-28H,1-3H3. The Morgan fingerprint density at radius 2 is 0.814 bits per heavy atom. The van der Waals surface area contributed by atoms with E-state index in [1.165, 1.54) is 43.1 Å². The van der Waals surface area contributed by atoms with Crippen LogP contribution in [0.1, 0.15) is 0 Å². The zero-order chi connectivity index (χ0) is 39.4. The Kier molecular flexibility index (Phi) is 7.04. The van der Waals surface area contributed by atoms with Crippen molar-refractivity contribution >= 4 is 93.3 Å². The number of rotatable bonds is 5. The van der Waals surface area contributed by atoms with Crippen molar-refractivity contribution in [3.8, 4) is 22.3 Å². The van der Waals surface area contributed by atoms with Crippen LogP contribution in [-0.4, -0.2) is 45.0 Å². The van der Waals surface area contributed by atoms with E-state index in [1.807, 2.05) is 33.3 Å². The van der Waals surface area contributed by atoms with Crippen LogP contribution in [0.15, 0.2) is 152 Å². The van der Waals surface area contributed by atoms with Gasteiger partial charge in [-0.05, 0) is 103 Å². The van der Waals surface area contributed by atoms with Gasteiger partial charge in [0.05, 0.1) is 17.1 Å². The topological polar surface area (TPSA) is 95.4 Å². The molecule has 280 valence electrons.